The predicted molar refractivity (Wildman–Crippen MR) is 118 cm³/mol. The van der Waals surface area contributed by atoms with Gasteiger partial charge in [-0.25, -0.2) is 28.1 Å². The highest BCUT2D eigenvalue weighted by Crippen LogP contribution is 2.29. The molecule has 0 aliphatic rings. The largest absolute Gasteiger partial charge is 0.443 e. The van der Waals surface area contributed by atoms with Crippen LogP contribution in [0.2, 0.25) is 0 Å². The topological polar surface area (TPSA) is 127 Å². The van der Waals surface area contributed by atoms with Gasteiger partial charge < -0.3 is 19.8 Å². The summed E-state index contributed by atoms with van der Waals surface area (Å²) in [5.74, 6) is -2.14. The number of hydrogen-bond acceptors (Lipinski definition) is 8. The zero-order valence-electron chi connectivity index (χ0n) is 18.5. The molecule has 0 atom stereocenters. The molecule has 10 nitrogen and oxygen atoms in total. The van der Waals surface area contributed by atoms with Gasteiger partial charge in [0.2, 0.25) is 0 Å². The second kappa shape index (κ2) is 8.54. The number of halogens is 2. The van der Waals surface area contributed by atoms with Gasteiger partial charge in [-0.05, 0) is 45.0 Å². The Bertz CT molecular complexity index is 1460. The maximum absolute atomic E-state index is 14.1. The molecule has 0 bridgehead atoms. The molecule has 0 aliphatic carbocycles. The Labute approximate surface area is 191 Å². The Hall–Kier alpha value is -4.35. The lowest BCUT2D eigenvalue weighted by molar-refractivity contribution is 0.0537. The maximum atomic E-state index is 14.1. The number of anilines is 1. The van der Waals surface area contributed by atoms with Crippen molar-refractivity contribution in [3.63, 3.8) is 0 Å². The Morgan fingerprint density at radius 3 is 2.65 bits per heavy atom. The van der Waals surface area contributed by atoms with Crippen molar-refractivity contribution in [2.75, 3.05) is 5.73 Å². The number of imidazole rings is 1. The molecule has 176 valence electrons. The van der Waals surface area contributed by atoms with E-state index >= 15 is 0 Å². The molecule has 0 spiro atoms. The molecule has 4 aromatic rings. The van der Waals surface area contributed by atoms with E-state index < -0.39 is 28.9 Å². The van der Waals surface area contributed by atoms with Crippen molar-refractivity contribution in [3.8, 4) is 11.6 Å². The molecule has 0 fully saturated rings. The first-order valence-electron chi connectivity index (χ1n) is 10.1. The van der Waals surface area contributed by atoms with E-state index in [0.717, 1.165) is 23.0 Å². The summed E-state index contributed by atoms with van der Waals surface area (Å²) >= 11 is 0. The molecule has 0 unspecified atom stereocenters. The fraction of sp³-hybridized carbons (Fsp3) is 0.227. The van der Waals surface area contributed by atoms with Crippen LogP contribution < -0.4 is 16.0 Å². The van der Waals surface area contributed by atoms with Gasteiger partial charge in [0.15, 0.2) is 22.7 Å². The van der Waals surface area contributed by atoms with Gasteiger partial charge in [0, 0.05) is 12.3 Å². The Kier molecular flexibility index (Phi) is 5.73. The van der Waals surface area contributed by atoms with E-state index in [0.29, 0.717) is 6.07 Å². The summed E-state index contributed by atoms with van der Waals surface area (Å²) < 4.78 is 40.7. The van der Waals surface area contributed by atoms with E-state index in [4.69, 9.17) is 15.2 Å². The number of benzene rings is 1. The molecule has 12 heteroatoms. The lowest BCUT2D eigenvalue weighted by atomic mass is 10.2. The number of nitrogens with two attached hydrogens (primary N) is 1. The molecule has 34 heavy (non-hydrogen) atoms. The second-order valence-corrected chi connectivity index (χ2v) is 8.27. The highest BCUT2D eigenvalue weighted by Gasteiger charge is 2.26. The van der Waals surface area contributed by atoms with Crippen molar-refractivity contribution in [1.29, 1.82) is 0 Å². The molecular formula is C22H20F2N6O4. The fourth-order valence-corrected chi connectivity index (χ4v) is 3.09. The van der Waals surface area contributed by atoms with Crippen molar-refractivity contribution in [2.45, 2.75) is 32.9 Å². The van der Waals surface area contributed by atoms with Crippen LogP contribution in [0.15, 0.2) is 47.7 Å². The zero-order valence-corrected chi connectivity index (χ0v) is 18.5. The van der Waals surface area contributed by atoms with Crippen LogP contribution in [-0.2, 0) is 11.3 Å². The number of nitrogen functional groups attached to an aromatic ring is 1. The molecule has 0 amide bonds. The van der Waals surface area contributed by atoms with Gasteiger partial charge in [0.05, 0.1) is 12.2 Å². The number of rotatable bonds is 4. The number of fused-ring (bicyclic) bond motifs is 1. The zero-order chi connectivity index (χ0) is 24.6. The molecule has 4 rings (SSSR count). The first kappa shape index (κ1) is 22.8. The SMILES string of the molecule is CC(C)(C)OC(=O)n1c(Cn2cccc(N)c2=O)nc2c(Oc3ccc(F)cc3F)ncnc21. The molecule has 0 saturated carbocycles. The number of carbonyl (C=O) groups is 1. The highest BCUT2D eigenvalue weighted by molar-refractivity contribution is 5.87. The van der Waals surface area contributed by atoms with E-state index in [-0.39, 0.29) is 40.8 Å². The molecule has 3 aromatic heterocycles. The molecule has 0 saturated heterocycles. The van der Waals surface area contributed by atoms with Gasteiger partial charge >= 0.3 is 6.09 Å². The molecule has 0 aliphatic heterocycles. The van der Waals surface area contributed by atoms with Crippen molar-refractivity contribution in [2.24, 2.45) is 0 Å². The molecule has 0 radical (unpaired) electrons. The number of pyridine rings is 1. The highest BCUT2D eigenvalue weighted by atomic mass is 19.1. The van der Waals surface area contributed by atoms with Gasteiger partial charge in [-0.1, -0.05) is 0 Å². The molecule has 1 aromatic carbocycles. The quantitative estimate of drug-likeness (QED) is 0.480. The van der Waals surface area contributed by atoms with Gasteiger partial charge in [-0.15, -0.1) is 0 Å². The van der Waals surface area contributed by atoms with Crippen molar-refractivity contribution >= 4 is 22.9 Å². The molecule has 2 N–H and O–H groups in total. The number of nitrogens with zero attached hydrogens (tertiary/aromatic N) is 5. The van der Waals surface area contributed by atoms with Crippen molar-refractivity contribution < 1.29 is 23.0 Å². The third-order valence-corrected chi connectivity index (χ3v) is 4.52. The summed E-state index contributed by atoms with van der Waals surface area (Å²) in [6.45, 7) is 4.90. The van der Waals surface area contributed by atoms with Gasteiger partial charge in [-0.2, -0.15) is 4.98 Å². The first-order chi connectivity index (χ1) is 16.0. The average molecular weight is 470 g/mol. The maximum Gasteiger partial charge on any atom is 0.421 e. The number of aromatic nitrogens is 5. The van der Waals surface area contributed by atoms with Crippen LogP contribution in [0.5, 0.6) is 11.6 Å². The minimum atomic E-state index is -0.954. The summed E-state index contributed by atoms with van der Waals surface area (Å²) in [6, 6.07) is 5.79. The standard InChI is InChI=1S/C22H20F2N6O4/c1-22(2,3)34-21(32)30-16(10-29-8-4-5-14(25)20(29)31)28-17-18(30)26-11-27-19(17)33-15-7-6-12(23)9-13(15)24/h4-9,11H,10,25H2,1-3H3. The van der Waals surface area contributed by atoms with E-state index in [1.807, 2.05) is 0 Å². The summed E-state index contributed by atoms with van der Waals surface area (Å²) in [6.07, 6.45) is 1.77. The Balaban J connectivity index is 1.86. The minimum Gasteiger partial charge on any atom is -0.443 e. The van der Waals surface area contributed by atoms with E-state index in [1.54, 1.807) is 26.8 Å². The van der Waals surface area contributed by atoms with Crippen LogP contribution in [0.25, 0.3) is 11.2 Å². The summed E-state index contributed by atoms with van der Waals surface area (Å²) in [7, 11) is 0. The van der Waals surface area contributed by atoms with Crippen LogP contribution in [-0.4, -0.2) is 35.8 Å². The van der Waals surface area contributed by atoms with Gasteiger partial charge in [0.1, 0.15) is 23.6 Å². The van der Waals surface area contributed by atoms with Crippen LogP contribution >= 0.6 is 0 Å². The number of carbonyl (C=O) groups excluding carboxylic acids is 1. The van der Waals surface area contributed by atoms with Crippen LogP contribution in [0.1, 0.15) is 26.6 Å². The van der Waals surface area contributed by atoms with Crippen molar-refractivity contribution in [3.05, 3.63) is 70.7 Å². The summed E-state index contributed by atoms with van der Waals surface area (Å²) in [4.78, 5) is 38.0. The third-order valence-electron chi connectivity index (χ3n) is 4.52. The summed E-state index contributed by atoms with van der Waals surface area (Å²) in [5.41, 5.74) is 4.40. The minimum absolute atomic E-state index is 0.00374. The van der Waals surface area contributed by atoms with Crippen molar-refractivity contribution in [1.82, 2.24) is 24.1 Å². The van der Waals surface area contributed by atoms with Crippen LogP contribution in [0, 0.1) is 11.6 Å². The first-order valence-corrected chi connectivity index (χ1v) is 10.1. The lowest BCUT2D eigenvalue weighted by Gasteiger charge is -2.20. The molecule has 3 heterocycles. The predicted octanol–water partition coefficient (Wildman–Crippen LogP) is 3.47. The lowest BCUT2D eigenvalue weighted by Crippen LogP contribution is -2.30. The van der Waals surface area contributed by atoms with E-state index in [1.165, 1.54) is 16.8 Å². The fourth-order valence-electron chi connectivity index (χ4n) is 3.09. The van der Waals surface area contributed by atoms with E-state index in [9.17, 15) is 18.4 Å². The molecular weight excluding hydrogens is 450 g/mol. The van der Waals surface area contributed by atoms with E-state index in [2.05, 4.69) is 15.0 Å². The monoisotopic (exact) mass is 470 g/mol. The number of ether oxygens (including phenoxy) is 2. The third kappa shape index (κ3) is 4.56. The average Bonchev–Trinajstić information content (AvgIpc) is 3.11. The smallest absolute Gasteiger partial charge is 0.421 e. The Morgan fingerprint density at radius 2 is 1.94 bits per heavy atom. The normalized spacial score (nSPS) is 11.6. The van der Waals surface area contributed by atoms with Gasteiger partial charge in [0.25, 0.3) is 11.4 Å². The van der Waals surface area contributed by atoms with Gasteiger partial charge in [-0.3, -0.25) is 4.79 Å². The van der Waals surface area contributed by atoms with Crippen LogP contribution in [0.4, 0.5) is 19.3 Å². The Morgan fingerprint density at radius 1 is 1.18 bits per heavy atom. The summed E-state index contributed by atoms with van der Waals surface area (Å²) in [5, 5.41) is 0. The number of hydrogen-bond donors (Lipinski definition) is 1. The van der Waals surface area contributed by atoms with Crippen LogP contribution in [0.3, 0.4) is 0 Å². The second-order valence-electron chi connectivity index (χ2n) is 8.27.